The fourth-order valence-electron chi connectivity index (χ4n) is 2.27. The Bertz CT molecular complexity index is 383. The molecule has 1 atom stereocenters. The summed E-state index contributed by atoms with van der Waals surface area (Å²) >= 11 is 0. The molecule has 1 saturated heterocycles. The summed E-state index contributed by atoms with van der Waals surface area (Å²) in [6.07, 6.45) is 4.34. The van der Waals surface area contributed by atoms with Gasteiger partial charge in [-0.05, 0) is 38.6 Å². The third-order valence-electron chi connectivity index (χ3n) is 3.44. The summed E-state index contributed by atoms with van der Waals surface area (Å²) in [6, 6.07) is 0. The highest BCUT2D eigenvalue weighted by atomic mass is 15.0. The molecule has 0 aliphatic carbocycles. The quantitative estimate of drug-likeness (QED) is 0.838. The van der Waals surface area contributed by atoms with E-state index in [-0.39, 0.29) is 0 Å². The van der Waals surface area contributed by atoms with E-state index >= 15 is 0 Å². The highest BCUT2D eigenvalue weighted by Crippen LogP contribution is 2.25. The van der Waals surface area contributed by atoms with Crippen LogP contribution in [0.2, 0.25) is 0 Å². The second-order valence-electron chi connectivity index (χ2n) is 5.39. The predicted octanol–water partition coefficient (Wildman–Crippen LogP) is 1.90. The molecule has 0 radical (unpaired) electrons. The van der Waals surface area contributed by atoms with E-state index in [1.807, 2.05) is 20.0 Å². The smallest absolute Gasteiger partial charge is 0.147 e. The number of piperidine rings is 1. The van der Waals surface area contributed by atoms with Crippen LogP contribution in [-0.4, -0.2) is 29.6 Å². The number of aryl methyl sites for hydroxylation is 2. The minimum Gasteiger partial charge on any atom is -0.368 e. The molecular formula is C13H22N4. The molecule has 2 N–H and O–H groups in total. The average Bonchev–Trinajstić information content (AvgIpc) is 2.31. The van der Waals surface area contributed by atoms with Crippen LogP contribution in [0, 0.1) is 19.3 Å². The molecule has 1 fully saturated rings. The van der Waals surface area contributed by atoms with Crippen LogP contribution in [-0.2, 0) is 0 Å². The normalized spacial score (nSPS) is 24.6. The second kappa shape index (κ2) is 5.00. The van der Waals surface area contributed by atoms with E-state index in [2.05, 4.69) is 27.5 Å². The van der Waals surface area contributed by atoms with E-state index in [4.69, 9.17) is 0 Å². The van der Waals surface area contributed by atoms with E-state index < -0.39 is 0 Å². The summed E-state index contributed by atoms with van der Waals surface area (Å²) in [7, 11) is 0. The van der Waals surface area contributed by atoms with Gasteiger partial charge >= 0.3 is 0 Å². The van der Waals surface area contributed by atoms with Crippen molar-refractivity contribution >= 4 is 5.82 Å². The number of rotatable bonds is 3. The molecule has 1 aromatic rings. The van der Waals surface area contributed by atoms with Gasteiger partial charge < -0.3 is 10.6 Å². The maximum Gasteiger partial charge on any atom is 0.147 e. The zero-order valence-corrected chi connectivity index (χ0v) is 11.0. The largest absolute Gasteiger partial charge is 0.368 e. The maximum atomic E-state index is 4.49. The molecule has 0 aromatic carbocycles. The first-order valence-corrected chi connectivity index (χ1v) is 6.34. The van der Waals surface area contributed by atoms with Crippen LogP contribution in [0.15, 0.2) is 6.20 Å². The van der Waals surface area contributed by atoms with Crippen molar-refractivity contribution in [3.63, 3.8) is 0 Å². The topological polar surface area (TPSA) is 49.8 Å². The third-order valence-corrected chi connectivity index (χ3v) is 3.44. The Morgan fingerprint density at radius 3 is 3.00 bits per heavy atom. The first-order chi connectivity index (χ1) is 8.09. The van der Waals surface area contributed by atoms with Gasteiger partial charge in [0.05, 0.1) is 11.4 Å². The molecule has 17 heavy (non-hydrogen) atoms. The van der Waals surface area contributed by atoms with Crippen LogP contribution >= 0.6 is 0 Å². The van der Waals surface area contributed by atoms with Crippen molar-refractivity contribution in [2.75, 3.05) is 25.0 Å². The molecule has 0 bridgehead atoms. The van der Waals surface area contributed by atoms with Gasteiger partial charge in [0.15, 0.2) is 0 Å². The van der Waals surface area contributed by atoms with Crippen LogP contribution in [0.4, 0.5) is 5.82 Å². The fraction of sp³-hybridized carbons (Fsp3) is 0.692. The van der Waals surface area contributed by atoms with Crippen LogP contribution in [0.3, 0.4) is 0 Å². The maximum absolute atomic E-state index is 4.49. The van der Waals surface area contributed by atoms with Gasteiger partial charge in [-0.1, -0.05) is 6.92 Å². The van der Waals surface area contributed by atoms with Gasteiger partial charge in [0.1, 0.15) is 5.82 Å². The minimum absolute atomic E-state index is 0.329. The van der Waals surface area contributed by atoms with Crippen molar-refractivity contribution in [3.05, 3.63) is 17.6 Å². The van der Waals surface area contributed by atoms with Gasteiger partial charge in [0.25, 0.3) is 0 Å². The van der Waals surface area contributed by atoms with Crippen molar-refractivity contribution in [3.8, 4) is 0 Å². The average molecular weight is 234 g/mol. The molecule has 1 aliphatic rings. The summed E-state index contributed by atoms with van der Waals surface area (Å²) in [5.74, 6) is 0.928. The molecule has 1 unspecified atom stereocenters. The highest BCUT2D eigenvalue weighted by Gasteiger charge is 2.26. The summed E-state index contributed by atoms with van der Waals surface area (Å²) in [6.45, 7) is 9.48. The van der Waals surface area contributed by atoms with E-state index in [0.717, 1.165) is 36.8 Å². The van der Waals surface area contributed by atoms with E-state index in [1.54, 1.807) is 0 Å². The second-order valence-corrected chi connectivity index (χ2v) is 5.39. The molecule has 94 valence electrons. The molecule has 0 spiro atoms. The molecule has 1 aromatic heterocycles. The molecule has 1 aliphatic heterocycles. The van der Waals surface area contributed by atoms with Crippen molar-refractivity contribution in [1.29, 1.82) is 0 Å². The minimum atomic E-state index is 0.329. The van der Waals surface area contributed by atoms with Crippen molar-refractivity contribution in [2.24, 2.45) is 5.41 Å². The summed E-state index contributed by atoms with van der Waals surface area (Å²) in [5, 5.41) is 6.91. The van der Waals surface area contributed by atoms with Gasteiger partial charge in [-0.2, -0.15) is 0 Å². The molecule has 4 nitrogen and oxygen atoms in total. The van der Waals surface area contributed by atoms with E-state index in [9.17, 15) is 0 Å². The summed E-state index contributed by atoms with van der Waals surface area (Å²) in [5.41, 5.74) is 2.27. The molecular weight excluding hydrogens is 212 g/mol. The standard InChI is InChI=1S/C13H22N4/c1-10-7-15-11(2)12(17-10)16-9-13(3)5-4-6-14-8-13/h7,14H,4-6,8-9H2,1-3H3,(H,16,17). The number of hydrogen-bond acceptors (Lipinski definition) is 4. The number of anilines is 1. The lowest BCUT2D eigenvalue weighted by molar-refractivity contribution is 0.253. The van der Waals surface area contributed by atoms with Gasteiger partial charge in [-0.15, -0.1) is 0 Å². The zero-order chi connectivity index (χ0) is 12.3. The predicted molar refractivity (Wildman–Crippen MR) is 70.2 cm³/mol. The van der Waals surface area contributed by atoms with Crippen molar-refractivity contribution in [1.82, 2.24) is 15.3 Å². The summed E-state index contributed by atoms with van der Waals surface area (Å²) < 4.78 is 0. The Morgan fingerprint density at radius 1 is 1.47 bits per heavy atom. The van der Waals surface area contributed by atoms with Crippen LogP contribution in [0.25, 0.3) is 0 Å². The lowest BCUT2D eigenvalue weighted by atomic mass is 9.83. The number of aromatic nitrogens is 2. The Balaban J connectivity index is 1.99. The first kappa shape index (κ1) is 12.3. The van der Waals surface area contributed by atoms with E-state index in [1.165, 1.54) is 12.8 Å². The zero-order valence-electron chi connectivity index (χ0n) is 11.0. The van der Waals surface area contributed by atoms with Crippen molar-refractivity contribution in [2.45, 2.75) is 33.6 Å². The number of nitrogens with one attached hydrogen (secondary N) is 2. The lowest BCUT2D eigenvalue weighted by Crippen LogP contribution is -2.42. The van der Waals surface area contributed by atoms with Crippen LogP contribution < -0.4 is 10.6 Å². The molecule has 2 heterocycles. The Labute approximate surface area is 103 Å². The van der Waals surface area contributed by atoms with Crippen LogP contribution in [0.5, 0.6) is 0 Å². The third kappa shape index (κ3) is 3.16. The van der Waals surface area contributed by atoms with Gasteiger partial charge in [0, 0.05) is 19.3 Å². The fourth-order valence-corrected chi connectivity index (χ4v) is 2.27. The Kier molecular flexibility index (Phi) is 3.62. The van der Waals surface area contributed by atoms with Gasteiger partial charge in [0.2, 0.25) is 0 Å². The molecule has 0 saturated carbocycles. The van der Waals surface area contributed by atoms with Crippen molar-refractivity contribution < 1.29 is 0 Å². The SMILES string of the molecule is Cc1cnc(C)c(NCC2(C)CCCNC2)n1. The molecule has 0 amide bonds. The lowest BCUT2D eigenvalue weighted by Gasteiger charge is -2.34. The summed E-state index contributed by atoms with van der Waals surface area (Å²) in [4.78, 5) is 8.82. The molecule has 2 rings (SSSR count). The first-order valence-electron chi connectivity index (χ1n) is 6.34. The van der Waals surface area contributed by atoms with Gasteiger partial charge in [-0.25, -0.2) is 4.98 Å². The van der Waals surface area contributed by atoms with Gasteiger partial charge in [-0.3, -0.25) is 4.98 Å². The Hall–Kier alpha value is -1.16. The van der Waals surface area contributed by atoms with Crippen LogP contribution in [0.1, 0.15) is 31.2 Å². The Morgan fingerprint density at radius 2 is 2.29 bits per heavy atom. The number of hydrogen-bond donors (Lipinski definition) is 2. The van der Waals surface area contributed by atoms with E-state index in [0.29, 0.717) is 5.41 Å². The molecule has 4 heteroatoms. The highest BCUT2D eigenvalue weighted by molar-refractivity contribution is 5.39. The monoisotopic (exact) mass is 234 g/mol. The number of nitrogens with zero attached hydrogens (tertiary/aromatic N) is 2.